The van der Waals surface area contributed by atoms with Gasteiger partial charge >= 0.3 is 5.97 Å². The van der Waals surface area contributed by atoms with Crippen molar-refractivity contribution in [2.45, 2.75) is 19.3 Å². The van der Waals surface area contributed by atoms with Gasteiger partial charge in [0, 0.05) is 0 Å². The van der Waals surface area contributed by atoms with Gasteiger partial charge < -0.3 is 10.8 Å². The highest BCUT2D eigenvalue weighted by Gasteiger charge is 2.17. The van der Waals surface area contributed by atoms with Crippen LogP contribution in [0.4, 0.5) is 0 Å². The van der Waals surface area contributed by atoms with Crippen molar-refractivity contribution in [3.05, 3.63) is 33.8 Å². The molecule has 0 aromatic heterocycles. The molecule has 0 amide bonds. The van der Waals surface area contributed by atoms with Crippen LogP contribution in [0.25, 0.3) is 0 Å². The highest BCUT2D eigenvalue weighted by Crippen LogP contribution is 2.24. The van der Waals surface area contributed by atoms with Gasteiger partial charge in [-0.1, -0.05) is 29.3 Å². The first-order valence-corrected chi connectivity index (χ1v) is 6.17. The fourth-order valence-electron chi connectivity index (χ4n) is 1.63. The minimum atomic E-state index is -0.801. The number of hydrogen-bond acceptors (Lipinski definition) is 2. The van der Waals surface area contributed by atoms with Crippen LogP contribution < -0.4 is 5.73 Å². The molecule has 1 aromatic carbocycles. The number of halogens is 2. The van der Waals surface area contributed by atoms with Gasteiger partial charge in [0.05, 0.1) is 16.0 Å². The molecule has 0 saturated heterocycles. The number of nitrogens with two attached hydrogens (primary N) is 1. The van der Waals surface area contributed by atoms with Crippen LogP contribution in [-0.4, -0.2) is 17.6 Å². The van der Waals surface area contributed by atoms with E-state index in [0.29, 0.717) is 35.9 Å². The van der Waals surface area contributed by atoms with Gasteiger partial charge in [-0.05, 0) is 43.5 Å². The molecule has 0 aliphatic heterocycles. The molecule has 0 fully saturated rings. The van der Waals surface area contributed by atoms with Gasteiger partial charge in [0.25, 0.3) is 0 Å². The summed E-state index contributed by atoms with van der Waals surface area (Å²) in [6.45, 7) is 0.505. The Balaban J connectivity index is 2.71. The Morgan fingerprint density at radius 3 is 2.59 bits per heavy atom. The van der Waals surface area contributed by atoms with E-state index >= 15 is 0 Å². The first-order valence-electron chi connectivity index (χ1n) is 5.41. The van der Waals surface area contributed by atoms with Crippen molar-refractivity contribution >= 4 is 29.2 Å². The second-order valence-corrected chi connectivity index (χ2v) is 4.73. The summed E-state index contributed by atoms with van der Waals surface area (Å²) in [7, 11) is 0. The Hall–Kier alpha value is -0.770. The summed E-state index contributed by atoms with van der Waals surface area (Å²) >= 11 is 11.7. The van der Waals surface area contributed by atoms with Gasteiger partial charge in [0.15, 0.2) is 0 Å². The van der Waals surface area contributed by atoms with Gasteiger partial charge in [-0.2, -0.15) is 0 Å². The van der Waals surface area contributed by atoms with Crippen molar-refractivity contribution in [2.75, 3.05) is 6.54 Å². The molecule has 0 aliphatic carbocycles. The molecule has 0 bridgehead atoms. The maximum absolute atomic E-state index is 11.1. The van der Waals surface area contributed by atoms with Gasteiger partial charge in [0.1, 0.15) is 0 Å². The zero-order valence-electron chi connectivity index (χ0n) is 9.33. The highest BCUT2D eigenvalue weighted by atomic mass is 35.5. The van der Waals surface area contributed by atoms with Crippen LogP contribution in [0.5, 0.6) is 0 Å². The average Bonchev–Trinajstić information content (AvgIpc) is 2.28. The van der Waals surface area contributed by atoms with E-state index in [-0.39, 0.29) is 0 Å². The predicted molar refractivity (Wildman–Crippen MR) is 69.6 cm³/mol. The van der Waals surface area contributed by atoms with E-state index in [1.807, 2.05) is 0 Å². The SMILES string of the molecule is NCCCC(Cc1ccc(Cl)c(Cl)c1)C(=O)O. The summed E-state index contributed by atoms with van der Waals surface area (Å²) in [5, 5.41) is 10.0. The van der Waals surface area contributed by atoms with E-state index in [1.54, 1.807) is 18.2 Å². The van der Waals surface area contributed by atoms with E-state index in [1.165, 1.54) is 0 Å². The zero-order valence-corrected chi connectivity index (χ0v) is 10.8. The van der Waals surface area contributed by atoms with Gasteiger partial charge in [-0.15, -0.1) is 0 Å². The van der Waals surface area contributed by atoms with Crippen LogP contribution >= 0.6 is 23.2 Å². The van der Waals surface area contributed by atoms with Gasteiger partial charge in [0.2, 0.25) is 0 Å². The minimum Gasteiger partial charge on any atom is -0.481 e. The minimum absolute atomic E-state index is 0.421. The van der Waals surface area contributed by atoms with Gasteiger partial charge in [-0.3, -0.25) is 4.79 Å². The average molecular weight is 276 g/mol. The van der Waals surface area contributed by atoms with E-state index < -0.39 is 11.9 Å². The summed E-state index contributed by atoms with van der Waals surface area (Å²) in [6.07, 6.45) is 1.73. The molecule has 0 saturated carbocycles. The van der Waals surface area contributed by atoms with Crippen molar-refractivity contribution < 1.29 is 9.90 Å². The highest BCUT2D eigenvalue weighted by molar-refractivity contribution is 6.42. The fourth-order valence-corrected chi connectivity index (χ4v) is 1.95. The summed E-state index contributed by atoms with van der Waals surface area (Å²) in [5.41, 5.74) is 6.26. The van der Waals surface area contributed by atoms with E-state index in [2.05, 4.69) is 0 Å². The zero-order chi connectivity index (χ0) is 12.8. The van der Waals surface area contributed by atoms with Crippen LogP contribution in [-0.2, 0) is 11.2 Å². The molecule has 0 radical (unpaired) electrons. The van der Waals surface area contributed by atoms with Crippen molar-refractivity contribution in [1.29, 1.82) is 0 Å². The normalized spacial score (nSPS) is 12.4. The smallest absolute Gasteiger partial charge is 0.306 e. The monoisotopic (exact) mass is 275 g/mol. The second kappa shape index (κ2) is 6.84. The number of rotatable bonds is 6. The topological polar surface area (TPSA) is 63.3 Å². The van der Waals surface area contributed by atoms with Crippen LogP contribution in [0.3, 0.4) is 0 Å². The number of benzene rings is 1. The molecule has 1 aromatic rings. The molecule has 1 atom stereocenters. The lowest BCUT2D eigenvalue weighted by atomic mass is 9.95. The number of hydrogen-bond donors (Lipinski definition) is 2. The molecule has 3 nitrogen and oxygen atoms in total. The third-order valence-corrected chi connectivity index (χ3v) is 3.31. The Morgan fingerprint density at radius 1 is 1.35 bits per heavy atom. The van der Waals surface area contributed by atoms with Crippen LogP contribution in [0.15, 0.2) is 18.2 Å². The summed E-state index contributed by atoms with van der Waals surface area (Å²) < 4.78 is 0. The van der Waals surface area contributed by atoms with Crippen molar-refractivity contribution in [1.82, 2.24) is 0 Å². The lowest BCUT2D eigenvalue weighted by Crippen LogP contribution is -2.18. The Morgan fingerprint density at radius 2 is 2.06 bits per heavy atom. The number of aliphatic carboxylic acids is 1. The Bertz CT molecular complexity index is 396. The molecule has 0 spiro atoms. The molecule has 1 unspecified atom stereocenters. The first-order chi connectivity index (χ1) is 8.04. The molecular formula is C12H15Cl2NO2. The molecule has 3 N–H and O–H groups in total. The lowest BCUT2D eigenvalue weighted by molar-refractivity contribution is -0.141. The molecular weight excluding hydrogens is 261 g/mol. The standard InChI is InChI=1S/C12H15Cl2NO2/c13-10-4-3-8(7-11(10)14)6-9(12(16)17)2-1-5-15/h3-4,7,9H,1-2,5-6,15H2,(H,16,17). The quantitative estimate of drug-likeness (QED) is 0.839. The van der Waals surface area contributed by atoms with E-state index in [9.17, 15) is 4.79 Å². The van der Waals surface area contributed by atoms with Crippen LogP contribution in [0.1, 0.15) is 18.4 Å². The molecule has 5 heteroatoms. The molecule has 1 rings (SSSR count). The van der Waals surface area contributed by atoms with Crippen LogP contribution in [0, 0.1) is 5.92 Å². The van der Waals surface area contributed by atoms with Gasteiger partial charge in [-0.25, -0.2) is 0 Å². The molecule has 0 heterocycles. The Labute approximate surface area is 111 Å². The predicted octanol–water partition coefficient (Wildman–Crippen LogP) is 2.98. The molecule has 94 valence electrons. The van der Waals surface area contributed by atoms with Crippen molar-refractivity contribution in [3.8, 4) is 0 Å². The number of carbonyl (C=O) groups is 1. The third kappa shape index (κ3) is 4.54. The first kappa shape index (κ1) is 14.3. The maximum Gasteiger partial charge on any atom is 0.306 e. The molecule has 17 heavy (non-hydrogen) atoms. The Kier molecular flexibility index (Phi) is 5.75. The third-order valence-electron chi connectivity index (χ3n) is 2.57. The summed E-state index contributed by atoms with van der Waals surface area (Å²) in [6, 6.07) is 5.19. The second-order valence-electron chi connectivity index (χ2n) is 3.92. The largest absolute Gasteiger partial charge is 0.481 e. The fraction of sp³-hybridized carbons (Fsp3) is 0.417. The number of carboxylic acids is 1. The number of carboxylic acid groups (broad SMARTS) is 1. The lowest BCUT2D eigenvalue weighted by Gasteiger charge is -2.12. The maximum atomic E-state index is 11.1. The summed E-state index contributed by atoms with van der Waals surface area (Å²) in [4.78, 5) is 11.1. The van der Waals surface area contributed by atoms with E-state index in [0.717, 1.165) is 5.56 Å². The summed E-state index contributed by atoms with van der Waals surface area (Å²) in [5.74, 6) is -1.22. The molecule has 0 aliphatic rings. The van der Waals surface area contributed by atoms with Crippen LogP contribution in [0.2, 0.25) is 10.0 Å². The van der Waals surface area contributed by atoms with Crippen molar-refractivity contribution in [3.63, 3.8) is 0 Å². The van der Waals surface area contributed by atoms with Crippen molar-refractivity contribution in [2.24, 2.45) is 11.7 Å². The van der Waals surface area contributed by atoms with E-state index in [4.69, 9.17) is 34.0 Å².